The Hall–Kier alpha value is -1.54. The van der Waals surface area contributed by atoms with Gasteiger partial charge in [0.15, 0.2) is 5.78 Å². The Balaban J connectivity index is 2.03. The van der Waals surface area contributed by atoms with Crippen LogP contribution in [0.2, 0.25) is 0 Å². The van der Waals surface area contributed by atoms with E-state index in [4.69, 9.17) is 0 Å². The molecule has 0 saturated carbocycles. The van der Waals surface area contributed by atoms with Crippen LogP contribution in [0, 0.1) is 6.92 Å². The summed E-state index contributed by atoms with van der Waals surface area (Å²) in [6, 6.07) is 16.2. The van der Waals surface area contributed by atoms with Crippen molar-refractivity contribution in [1.82, 2.24) is 0 Å². The number of ketones is 1. The lowest BCUT2D eigenvalue weighted by Crippen LogP contribution is -2.02. The van der Waals surface area contributed by atoms with Gasteiger partial charge in [0, 0.05) is 16.9 Å². The number of thioether (sulfide) groups is 1. The van der Waals surface area contributed by atoms with Crippen molar-refractivity contribution in [3.63, 3.8) is 0 Å². The van der Waals surface area contributed by atoms with Crippen molar-refractivity contribution in [3.8, 4) is 0 Å². The van der Waals surface area contributed by atoms with Crippen LogP contribution in [-0.2, 0) is 6.42 Å². The molecular weight excluding hydrogens is 252 g/mol. The zero-order valence-electron chi connectivity index (χ0n) is 11.3. The summed E-state index contributed by atoms with van der Waals surface area (Å²) in [5, 5.41) is 0. The number of Topliss-reactive ketones (excluding diaryl/α,β-unsaturated/α-hetero) is 1. The Labute approximate surface area is 119 Å². The molecule has 98 valence electrons. The van der Waals surface area contributed by atoms with Gasteiger partial charge in [-0.05, 0) is 31.2 Å². The smallest absolute Gasteiger partial charge is 0.164 e. The molecule has 0 atom stereocenters. The maximum atomic E-state index is 12.3. The van der Waals surface area contributed by atoms with E-state index in [0.717, 1.165) is 16.9 Å². The molecule has 0 aliphatic heterocycles. The first-order valence-electron chi connectivity index (χ1n) is 6.42. The molecule has 0 N–H and O–H groups in total. The van der Waals surface area contributed by atoms with Crippen LogP contribution in [0.5, 0.6) is 0 Å². The zero-order valence-corrected chi connectivity index (χ0v) is 12.2. The first-order valence-corrected chi connectivity index (χ1v) is 7.65. The van der Waals surface area contributed by atoms with E-state index in [9.17, 15) is 4.79 Å². The van der Waals surface area contributed by atoms with Crippen LogP contribution in [0.1, 0.15) is 27.9 Å². The summed E-state index contributed by atoms with van der Waals surface area (Å²) in [4.78, 5) is 13.3. The van der Waals surface area contributed by atoms with Crippen LogP contribution in [0.4, 0.5) is 0 Å². The predicted octanol–water partition coefficient (Wildman–Crippen LogP) is 4.53. The molecule has 0 bridgehead atoms. The van der Waals surface area contributed by atoms with E-state index in [0.29, 0.717) is 6.42 Å². The molecule has 0 spiro atoms. The van der Waals surface area contributed by atoms with Crippen molar-refractivity contribution in [2.24, 2.45) is 0 Å². The number of aryl methyl sites for hydroxylation is 2. The highest BCUT2D eigenvalue weighted by molar-refractivity contribution is 7.98. The summed E-state index contributed by atoms with van der Waals surface area (Å²) in [5.41, 5.74) is 3.32. The Kier molecular flexibility index (Phi) is 4.80. The van der Waals surface area contributed by atoms with Crippen LogP contribution in [0.25, 0.3) is 0 Å². The average molecular weight is 270 g/mol. The van der Waals surface area contributed by atoms with E-state index >= 15 is 0 Å². The molecule has 0 amide bonds. The van der Waals surface area contributed by atoms with Gasteiger partial charge < -0.3 is 0 Å². The van der Waals surface area contributed by atoms with Gasteiger partial charge in [0.2, 0.25) is 0 Å². The Morgan fingerprint density at radius 2 is 1.74 bits per heavy atom. The Morgan fingerprint density at radius 3 is 2.42 bits per heavy atom. The van der Waals surface area contributed by atoms with Gasteiger partial charge in [-0.15, -0.1) is 11.8 Å². The lowest BCUT2D eigenvalue weighted by Gasteiger charge is -2.06. The van der Waals surface area contributed by atoms with E-state index in [2.05, 4.69) is 31.2 Å². The van der Waals surface area contributed by atoms with Gasteiger partial charge in [-0.2, -0.15) is 0 Å². The first-order chi connectivity index (χ1) is 9.20. The molecule has 2 aromatic carbocycles. The fourth-order valence-corrected chi connectivity index (χ4v) is 2.64. The van der Waals surface area contributed by atoms with Gasteiger partial charge in [-0.1, -0.05) is 48.0 Å². The number of carbonyl (C=O) groups is 1. The highest BCUT2D eigenvalue weighted by atomic mass is 32.2. The van der Waals surface area contributed by atoms with Gasteiger partial charge in [-0.25, -0.2) is 0 Å². The second-order valence-electron chi connectivity index (χ2n) is 4.61. The molecule has 2 aromatic rings. The quantitative estimate of drug-likeness (QED) is 0.586. The molecule has 0 heterocycles. The SMILES string of the molecule is CSc1ccccc1C(=O)CCc1ccc(C)cc1. The number of hydrogen-bond donors (Lipinski definition) is 0. The molecule has 0 radical (unpaired) electrons. The van der Waals surface area contributed by atoms with E-state index in [1.54, 1.807) is 11.8 Å². The molecule has 0 fully saturated rings. The van der Waals surface area contributed by atoms with Gasteiger partial charge in [0.1, 0.15) is 0 Å². The first kappa shape index (κ1) is 13.9. The lowest BCUT2D eigenvalue weighted by molar-refractivity contribution is 0.0980. The van der Waals surface area contributed by atoms with Crippen LogP contribution < -0.4 is 0 Å². The lowest BCUT2D eigenvalue weighted by atomic mass is 10.0. The zero-order chi connectivity index (χ0) is 13.7. The van der Waals surface area contributed by atoms with Crippen LogP contribution in [0.3, 0.4) is 0 Å². The minimum Gasteiger partial charge on any atom is -0.294 e. The monoisotopic (exact) mass is 270 g/mol. The summed E-state index contributed by atoms with van der Waals surface area (Å²) in [6.07, 6.45) is 3.38. The van der Waals surface area contributed by atoms with Crippen LogP contribution in [0.15, 0.2) is 53.4 Å². The largest absolute Gasteiger partial charge is 0.294 e. The molecular formula is C17H18OS. The summed E-state index contributed by atoms with van der Waals surface area (Å²) >= 11 is 1.63. The normalized spacial score (nSPS) is 10.4. The van der Waals surface area contributed by atoms with E-state index in [-0.39, 0.29) is 5.78 Å². The molecule has 0 aliphatic rings. The third-order valence-electron chi connectivity index (χ3n) is 3.17. The van der Waals surface area contributed by atoms with Gasteiger partial charge >= 0.3 is 0 Å². The molecule has 0 unspecified atom stereocenters. The highest BCUT2D eigenvalue weighted by Crippen LogP contribution is 2.21. The minimum atomic E-state index is 0.227. The van der Waals surface area contributed by atoms with Crippen molar-refractivity contribution >= 4 is 17.5 Å². The second kappa shape index (κ2) is 6.58. The van der Waals surface area contributed by atoms with Crippen molar-refractivity contribution in [2.75, 3.05) is 6.26 Å². The summed E-state index contributed by atoms with van der Waals surface area (Å²) in [7, 11) is 0. The van der Waals surface area contributed by atoms with Crippen molar-refractivity contribution in [1.29, 1.82) is 0 Å². The second-order valence-corrected chi connectivity index (χ2v) is 5.46. The third kappa shape index (κ3) is 3.71. The maximum Gasteiger partial charge on any atom is 0.164 e. The topological polar surface area (TPSA) is 17.1 Å². The van der Waals surface area contributed by atoms with Crippen LogP contribution >= 0.6 is 11.8 Å². The molecule has 2 rings (SSSR count). The Bertz CT molecular complexity index is 558. The number of carbonyl (C=O) groups excluding carboxylic acids is 1. The fraction of sp³-hybridized carbons (Fsp3) is 0.235. The van der Waals surface area contributed by atoms with Crippen molar-refractivity contribution in [2.45, 2.75) is 24.7 Å². The summed E-state index contributed by atoms with van der Waals surface area (Å²) in [6.45, 7) is 2.07. The van der Waals surface area contributed by atoms with Crippen molar-refractivity contribution in [3.05, 3.63) is 65.2 Å². The minimum absolute atomic E-state index is 0.227. The molecule has 19 heavy (non-hydrogen) atoms. The average Bonchev–Trinajstić information content (AvgIpc) is 2.46. The summed E-state index contributed by atoms with van der Waals surface area (Å²) in [5.74, 6) is 0.227. The standard InChI is InChI=1S/C17H18OS/c1-13-7-9-14(10-8-13)11-12-16(18)15-5-3-4-6-17(15)19-2/h3-10H,11-12H2,1-2H3. The molecule has 0 saturated heterocycles. The fourth-order valence-electron chi connectivity index (χ4n) is 2.02. The maximum absolute atomic E-state index is 12.3. The van der Waals surface area contributed by atoms with Gasteiger partial charge in [-0.3, -0.25) is 4.79 Å². The van der Waals surface area contributed by atoms with Crippen molar-refractivity contribution < 1.29 is 4.79 Å². The molecule has 1 nitrogen and oxygen atoms in total. The molecule has 2 heteroatoms. The molecule has 0 aliphatic carbocycles. The number of benzene rings is 2. The van der Waals surface area contributed by atoms with Gasteiger partial charge in [0.25, 0.3) is 0 Å². The van der Waals surface area contributed by atoms with Gasteiger partial charge in [0.05, 0.1) is 0 Å². The number of rotatable bonds is 5. The third-order valence-corrected chi connectivity index (χ3v) is 3.96. The van der Waals surface area contributed by atoms with E-state index < -0.39 is 0 Å². The Morgan fingerprint density at radius 1 is 1.05 bits per heavy atom. The highest BCUT2D eigenvalue weighted by Gasteiger charge is 2.10. The van der Waals surface area contributed by atoms with E-state index in [1.165, 1.54) is 11.1 Å². The van der Waals surface area contributed by atoms with Crippen LogP contribution in [-0.4, -0.2) is 12.0 Å². The predicted molar refractivity (Wildman–Crippen MR) is 82.1 cm³/mol. The van der Waals surface area contributed by atoms with E-state index in [1.807, 2.05) is 30.5 Å². The summed E-state index contributed by atoms with van der Waals surface area (Å²) < 4.78 is 0. The molecule has 0 aromatic heterocycles. The number of hydrogen-bond acceptors (Lipinski definition) is 2.